The minimum Gasteiger partial charge on any atom is -0.475 e. The van der Waals surface area contributed by atoms with Crippen molar-refractivity contribution in [3.63, 3.8) is 0 Å². The van der Waals surface area contributed by atoms with Gasteiger partial charge in [-0.05, 0) is 31.0 Å². The molecule has 1 atom stereocenters. The highest BCUT2D eigenvalue weighted by molar-refractivity contribution is 5.55. The summed E-state index contributed by atoms with van der Waals surface area (Å²) < 4.78 is 16.2. The van der Waals surface area contributed by atoms with Crippen molar-refractivity contribution in [3.8, 4) is 17.3 Å². The minimum atomic E-state index is 0.153. The standard InChI is InChI=1S/C21H24N4O3/c1-26-12-13-27-19-14-17(9-10-22-19)20-23-21(28-24-20)18-8-5-11-25(18)15-16-6-3-2-4-7-16/h2-4,6-7,9-10,14,18H,5,8,11-13,15H2,1H3/t18-/m0/s1. The van der Waals surface area contributed by atoms with Crippen LogP contribution < -0.4 is 4.74 Å². The first-order valence-corrected chi connectivity index (χ1v) is 9.53. The summed E-state index contributed by atoms with van der Waals surface area (Å²) in [6.45, 7) is 2.87. The number of hydrogen-bond acceptors (Lipinski definition) is 7. The van der Waals surface area contributed by atoms with Crippen LogP contribution in [0.3, 0.4) is 0 Å². The van der Waals surface area contributed by atoms with Crippen molar-refractivity contribution >= 4 is 0 Å². The zero-order valence-electron chi connectivity index (χ0n) is 16.0. The Balaban J connectivity index is 1.47. The lowest BCUT2D eigenvalue weighted by molar-refractivity contribution is 0.144. The highest BCUT2D eigenvalue weighted by atomic mass is 16.5. The number of methoxy groups -OCH3 is 1. The highest BCUT2D eigenvalue weighted by Crippen LogP contribution is 2.33. The van der Waals surface area contributed by atoms with Gasteiger partial charge in [0.15, 0.2) is 0 Å². The number of rotatable bonds is 8. The van der Waals surface area contributed by atoms with Gasteiger partial charge in [0, 0.05) is 31.5 Å². The molecule has 1 fully saturated rings. The number of aromatic nitrogens is 3. The predicted molar refractivity (Wildman–Crippen MR) is 104 cm³/mol. The molecule has 3 heterocycles. The quantitative estimate of drug-likeness (QED) is 0.554. The smallest absolute Gasteiger partial charge is 0.244 e. The van der Waals surface area contributed by atoms with Gasteiger partial charge in [0.2, 0.25) is 17.6 Å². The number of hydrogen-bond donors (Lipinski definition) is 0. The molecular formula is C21H24N4O3. The summed E-state index contributed by atoms with van der Waals surface area (Å²) in [6.07, 6.45) is 3.84. The van der Waals surface area contributed by atoms with Gasteiger partial charge in [0.1, 0.15) is 6.61 Å². The molecule has 7 nitrogen and oxygen atoms in total. The Bertz CT molecular complexity index is 884. The molecule has 7 heteroatoms. The topological polar surface area (TPSA) is 73.5 Å². The number of pyridine rings is 1. The maximum atomic E-state index is 5.63. The van der Waals surface area contributed by atoms with Crippen molar-refractivity contribution in [3.05, 3.63) is 60.1 Å². The maximum Gasteiger partial charge on any atom is 0.244 e. The van der Waals surface area contributed by atoms with Gasteiger partial charge in [-0.25, -0.2) is 4.98 Å². The van der Waals surface area contributed by atoms with Crippen LogP contribution in [0.25, 0.3) is 11.4 Å². The van der Waals surface area contributed by atoms with Crippen LogP contribution in [-0.4, -0.2) is 46.9 Å². The Labute approximate surface area is 164 Å². The van der Waals surface area contributed by atoms with Crippen molar-refractivity contribution in [1.29, 1.82) is 0 Å². The molecule has 1 aliphatic heterocycles. The van der Waals surface area contributed by atoms with Crippen LogP contribution in [0.15, 0.2) is 53.2 Å². The molecule has 0 amide bonds. The van der Waals surface area contributed by atoms with Gasteiger partial charge in [-0.3, -0.25) is 4.90 Å². The van der Waals surface area contributed by atoms with Gasteiger partial charge >= 0.3 is 0 Å². The van der Waals surface area contributed by atoms with E-state index in [-0.39, 0.29) is 6.04 Å². The molecule has 146 valence electrons. The number of ether oxygens (including phenoxy) is 2. The van der Waals surface area contributed by atoms with Crippen molar-refractivity contribution in [1.82, 2.24) is 20.0 Å². The van der Waals surface area contributed by atoms with Gasteiger partial charge in [-0.2, -0.15) is 4.98 Å². The van der Waals surface area contributed by atoms with Crippen molar-refractivity contribution in [2.24, 2.45) is 0 Å². The van der Waals surface area contributed by atoms with E-state index in [0.717, 1.165) is 31.5 Å². The lowest BCUT2D eigenvalue weighted by Gasteiger charge is -2.21. The third-order valence-electron chi connectivity index (χ3n) is 4.85. The normalized spacial score (nSPS) is 17.1. The molecule has 28 heavy (non-hydrogen) atoms. The Morgan fingerprint density at radius 2 is 2.07 bits per heavy atom. The molecule has 1 aliphatic rings. The van der Waals surface area contributed by atoms with Gasteiger partial charge in [-0.15, -0.1) is 0 Å². The first kappa shape index (κ1) is 18.6. The van der Waals surface area contributed by atoms with Crippen molar-refractivity contribution in [2.45, 2.75) is 25.4 Å². The van der Waals surface area contributed by atoms with E-state index in [9.17, 15) is 0 Å². The Hall–Kier alpha value is -2.77. The Morgan fingerprint density at radius 1 is 1.18 bits per heavy atom. The fourth-order valence-electron chi connectivity index (χ4n) is 3.46. The first-order valence-electron chi connectivity index (χ1n) is 9.53. The molecule has 0 N–H and O–H groups in total. The summed E-state index contributed by atoms with van der Waals surface area (Å²) >= 11 is 0. The van der Waals surface area contributed by atoms with E-state index in [1.54, 1.807) is 13.3 Å². The van der Waals surface area contributed by atoms with Crippen LogP contribution in [0.2, 0.25) is 0 Å². The van der Waals surface area contributed by atoms with Crippen LogP contribution in [0.1, 0.15) is 30.3 Å². The zero-order chi connectivity index (χ0) is 19.2. The van der Waals surface area contributed by atoms with E-state index in [2.05, 4.69) is 44.3 Å². The molecule has 1 aromatic carbocycles. The number of likely N-dealkylation sites (tertiary alicyclic amines) is 1. The molecule has 0 bridgehead atoms. The monoisotopic (exact) mass is 380 g/mol. The van der Waals surface area contributed by atoms with E-state index in [4.69, 9.17) is 14.0 Å². The summed E-state index contributed by atoms with van der Waals surface area (Å²) in [6, 6.07) is 14.3. The van der Waals surface area contributed by atoms with Crippen LogP contribution in [-0.2, 0) is 11.3 Å². The summed E-state index contributed by atoms with van der Waals surface area (Å²) in [4.78, 5) is 11.3. The summed E-state index contributed by atoms with van der Waals surface area (Å²) in [5.41, 5.74) is 2.12. The van der Waals surface area contributed by atoms with E-state index in [1.807, 2.05) is 18.2 Å². The van der Waals surface area contributed by atoms with Crippen molar-refractivity contribution in [2.75, 3.05) is 26.9 Å². The lowest BCUT2D eigenvalue weighted by Crippen LogP contribution is -2.22. The van der Waals surface area contributed by atoms with Gasteiger partial charge in [-0.1, -0.05) is 35.5 Å². The van der Waals surface area contributed by atoms with Crippen LogP contribution in [0.4, 0.5) is 0 Å². The second-order valence-electron chi connectivity index (χ2n) is 6.79. The fraction of sp³-hybridized carbons (Fsp3) is 0.381. The number of benzene rings is 1. The molecular weight excluding hydrogens is 356 g/mol. The maximum absolute atomic E-state index is 5.63. The van der Waals surface area contributed by atoms with Gasteiger partial charge in [0.05, 0.1) is 12.6 Å². The van der Waals surface area contributed by atoms with Crippen molar-refractivity contribution < 1.29 is 14.0 Å². The first-order chi connectivity index (χ1) is 13.8. The largest absolute Gasteiger partial charge is 0.475 e. The molecule has 0 radical (unpaired) electrons. The molecule has 0 spiro atoms. The SMILES string of the molecule is COCCOc1cc(-c2noc([C@@H]3CCCN3Cc3ccccc3)n2)ccn1. The Morgan fingerprint density at radius 3 is 2.93 bits per heavy atom. The number of nitrogens with zero attached hydrogens (tertiary/aromatic N) is 4. The van der Waals surface area contributed by atoms with Gasteiger partial charge < -0.3 is 14.0 Å². The summed E-state index contributed by atoms with van der Waals surface area (Å²) in [5, 5.41) is 4.19. The molecule has 0 aliphatic carbocycles. The second-order valence-corrected chi connectivity index (χ2v) is 6.79. The molecule has 3 aromatic rings. The highest BCUT2D eigenvalue weighted by Gasteiger charge is 2.30. The molecule has 1 saturated heterocycles. The average Bonchev–Trinajstić information content (AvgIpc) is 3.39. The fourth-order valence-corrected chi connectivity index (χ4v) is 3.46. The summed E-state index contributed by atoms with van der Waals surface area (Å²) in [5.74, 6) is 1.75. The second kappa shape index (κ2) is 8.95. The third-order valence-corrected chi connectivity index (χ3v) is 4.85. The third kappa shape index (κ3) is 4.37. The van der Waals surface area contributed by atoms with Gasteiger partial charge in [0.25, 0.3) is 0 Å². The molecule has 0 saturated carbocycles. The Kier molecular flexibility index (Phi) is 5.94. The molecule has 2 aromatic heterocycles. The van der Waals surface area contributed by atoms with E-state index >= 15 is 0 Å². The van der Waals surface area contributed by atoms with Crippen LogP contribution >= 0.6 is 0 Å². The van der Waals surface area contributed by atoms with E-state index in [0.29, 0.717) is 30.8 Å². The van der Waals surface area contributed by atoms with E-state index in [1.165, 1.54) is 5.56 Å². The average molecular weight is 380 g/mol. The summed E-state index contributed by atoms with van der Waals surface area (Å²) in [7, 11) is 1.64. The van der Waals surface area contributed by atoms with Crippen LogP contribution in [0.5, 0.6) is 5.88 Å². The van der Waals surface area contributed by atoms with Crippen LogP contribution in [0, 0.1) is 0 Å². The molecule has 4 rings (SSSR count). The van der Waals surface area contributed by atoms with E-state index < -0.39 is 0 Å². The molecule has 0 unspecified atom stereocenters. The zero-order valence-corrected chi connectivity index (χ0v) is 16.0. The predicted octanol–water partition coefficient (Wildman–Crippen LogP) is 3.49. The minimum absolute atomic E-state index is 0.153. The lowest BCUT2D eigenvalue weighted by atomic mass is 10.2.